The number of hydrogen-bond donors (Lipinski definition) is 2. The maximum absolute atomic E-state index is 13.0. The Balaban J connectivity index is 1.79. The van der Waals surface area contributed by atoms with Gasteiger partial charge in [-0.25, -0.2) is 0 Å². The molecule has 1 aliphatic heterocycles. The van der Waals surface area contributed by atoms with E-state index >= 15 is 0 Å². The van der Waals surface area contributed by atoms with Crippen LogP contribution >= 0.6 is 11.8 Å². The summed E-state index contributed by atoms with van der Waals surface area (Å²) < 4.78 is 12.6. The van der Waals surface area contributed by atoms with Crippen LogP contribution in [-0.4, -0.2) is 35.7 Å². The number of aromatic nitrogens is 2. The van der Waals surface area contributed by atoms with Crippen LogP contribution < -0.4 is 15.6 Å². The van der Waals surface area contributed by atoms with Crippen molar-refractivity contribution in [2.75, 3.05) is 25.3 Å². The standard InChI is InChI=1S/C21H27N3O4S/c1-27-11-14-10-13(8-9-16(14)28-2)19-18-20(22-17(25)12-29-19)24(23-21(18)26)15-6-4-3-5-7-15/h8-10,15,19H,3-7,11-12H2,1-2H3,(H,22,25)(H,23,26)/t19-/m0/s1. The van der Waals surface area contributed by atoms with E-state index in [0.717, 1.165) is 42.6 Å². The van der Waals surface area contributed by atoms with Gasteiger partial charge in [0, 0.05) is 12.7 Å². The van der Waals surface area contributed by atoms with Crippen LogP contribution in [-0.2, 0) is 16.1 Å². The number of benzene rings is 1. The predicted molar refractivity (Wildman–Crippen MR) is 114 cm³/mol. The Bertz CT molecular complexity index is 946. The summed E-state index contributed by atoms with van der Waals surface area (Å²) in [6.07, 6.45) is 5.55. The van der Waals surface area contributed by atoms with Crippen molar-refractivity contribution in [3.8, 4) is 5.75 Å². The van der Waals surface area contributed by atoms with Gasteiger partial charge in [0.15, 0.2) is 0 Å². The van der Waals surface area contributed by atoms with Gasteiger partial charge in [0.25, 0.3) is 5.56 Å². The second-order valence-corrected chi connectivity index (χ2v) is 8.70. The zero-order chi connectivity index (χ0) is 20.4. The van der Waals surface area contributed by atoms with Crippen molar-refractivity contribution in [3.05, 3.63) is 45.2 Å². The van der Waals surface area contributed by atoms with Gasteiger partial charge in [-0.05, 0) is 30.5 Å². The monoisotopic (exact) mass is 417 g/mol. The minimum absolute atomic E-state index is 0.0760. The summed E-state index contributed by atoms with van der Waals surface area (Å²) in [5, 5.41) is 5.78. The summed E-state index contributed by atoms with van der Waals surface area (Å²) in [6, 6.07) is 6.10. The fourth-order valence-corrected chi connectivity index (χ4v) is 5.46. The number of nitrogens with zero attached hydrogens (tertiary/aromatic N) is 1. The summed E-state index contributed by atoms with van der Waals surface area (Å²) in [5.74, 6) is 1.60. The van der Waals surface area contributed by atoms with Gasteiger partial charge in [-0.1, -0.05) is 25.3 Å². The van der Waals surface area contributed by atoms with E-state index in [4.69, 9.17) is 9.47 Å². The number of nitrogens with one attached hydrogen (secondary N) is 2. The van der Waals surface area contributed by atoms with Crippen LogP contribution in [0.3, 0.4) is 0 Å². The molecule has 2 aliphatic rings. The summed E-state index contributed by atoms with van der Waals surface area (Å²) in [4.78, 5) is 25.4. The summed E-state index contributed by atoms with van der Waals surface area (Å²) in [5.41, 5.74) is 2.38. The highest BCUT2D eigenvalue weighted by atomic mass is 32.2. The van der Waals surface area contributed by atoms with Crippen LogP contribution in [0.15, 0.2) is 23.0 Å². The highest BCUT2D eigenvalue weighted by Crippen LogP contribution is 2.42. The normalized spacial score (nSPS) is 20.1. The lowest BCUT2D eigenvalue weighted by Gasteiger charge is -2.24. The Hall–Kier alpha value is -2.19. The molecule has 0 unspecified atom stereocenters. The van der Waals surface area contributed by atoms with Gasteiger partial charge >= 0.3 is 0 Å². The number of methoxy groups -OCH3 is 2. The Kier molecular flexibility index (Phi) is 6.01. The average Bonchev–Trinajstić information content (AvgIpc) is 2.94. The van der Waals surface area contributed by atoms with E-state index in [-0.39, 0.29) is 22.8 Å². The molecular weight excluding hydrogens is 390 g/mol. The largest absolute Gasteiger partial charge is 0.496 e. The highest BCUT2D eigenvalue weighted by Gasteiger charge is 2.32. The number of anilines is 1. The van der Waals surface area contributed by atoms with Crippen LogP contribution in [0.4, 0.5) is 5.82 Å². The van der Waals surface area contributed by atoms with Gasteiger partial charge in [-0.2, -0.15) is 0 Å². The number of fused-ring (bicyclic) bond motifs is 1. The third-order valence-electron chi connectivity index (χ3n) is 5.71. The van der Waals surface area contributed by atoms with Gasteiger partial charge in [0.2, 0.25) is 5.91 Å². The lowest BCUT2D eigenvalue weighted by molar-refractivity contribution is -0.113. The zero-order valence-corrected chi connectivity index (χ0v) is 17.6. The van der Waals surface area contributed by atoms with Crippen LogP contribution in [0, 0.1) is 0 Å². The first kappa shape index (κ1) is 20.1. The van der Waals surface area contributed by atoms with Gasteiger partial charge < -0.3 is 14.8 Å². The van der Waals surface area contributed by atoms with Crippen LogP contribution in [0.5, 0.6) is 5.75 Å². The molecule has 8 heteroatoms. The Morgan fingerprint density at radius 3 is 2.69 bits per heavy atom. The molecule has 29 heavy (non-hydrogen) atoms. The van der Waals surface area contributed by atoms with Crippen molar-refractivity contribution in [2.45, 2.75) is 50.0 Å². The van der Waals surface area contributed by atoms with E-state index in [1.165, 1.54) is 18.2 Å². The fourth-order valence-electron chi connectivity index (χ4n) is 4.35. The van der Waals surface area contributed by atoms with Crippen molar-refractivity contribution in [3.63, 3.8) is 0 Å². The number of amides is 1. The molecule has 7 nitrogen and oxygen atoms in total. The van der Waals surface area contributed by atoms with Gasteiger partial charge in [0.05, 0.1) is 36.3 Å². The number of carbonyl (C=O) groups excluding carboxylic acids is 1. The first-order valence-electron chi connectivity index (χ1n) is 10.0. The fraction of sp³-hybridized carbons (Fsp3) is 0.524. The van der Waals surface area contributed by atoms with Crippen LogP contribution in [0.1, 0.15) is 60.1 Å². The molecule has 2 aromatic rings. The number of H-pyrrole nitrogens is 1. The van der Waals surface area contributed by atoms with E-state index in [1.807, 2.05) is 22.9 Å². The lowest BCUT2D eigenvalue weighted by Crippen LogP contribution is -2.21. The zero-order valence-electron chi connectivity index (χ0n) is 16.8. The van der Waals surface area contributed by atoms with Crippen molar-refractivity contribution in [1.29, 1.82) is 0 Å². The summed E-state index contributed by atoms with van der Waals surface area (Å²) >= 11 is 1.48. The third-order valence-corrected chi connectivity index (χ3v) is 6.98. The van der Waals surface area contributed by atoms with Crippen LogP contribution in [0.25, 0.3) is 0 Å². The molecular formula is C21H27N3O4S. The number of aromatic amines is 1. The molecule has 1 fully saturated rings. The Labute approximate surface area is 174 Å². The van der Waals surface area contributed by atoms with Crippen molar-refractivity contribution < 1.29 is 14.3 Å². The molecule has 1 aliphatic carbocycles. The first-order chi connectivity index (χ1) is 14.1. The van der Waals surface area contributed by atoms with E-state index < -0.39 is 0 Å². The van der Waals surface area contributed by atoms with Crippen molar-refractivity contribution in [1.82, 2.24) is 9.78 Å². The molecule has 1 aromatic carbocycles. The molecule has 1 saturated carbocycles. The predicted octanol–water partition coefficient (Wildman–Crippen LogP) is 3.61. The number of thioether (sulfide) groups is 1. The number of rotatable bonds is 5. The number of hydrogen-bond acceptors (Lipinski definition) is 5. The van der Waals surface area contributed by atoms with Crippen molar-refractivity contribution >= 4 is 23.5 Å². The maximum Gasteiger partial charge on any atom is 0.270 e. The molecule has 2 heterocycles. The average molecular weight is 418 g/mol. The minimum atomic E-state index is -0.237. The topological polar surface area (TPSA) is 85.4 Å². The lowest BCUT2D eigenvalue weighted by atomic mass is 9.95. The van der Waals surface area contributed by atoms with Gasteiger partial charge in [0.1, 0.15) is 11.6 Å². The molecule has 156 valence electrons. The second kappa shape index (κ2) is 8.67. The van der Waals surface area contributed by atoms with Gasteiger partial charge in [-0.15, -0.1) is 11.8 Å². The molecule has 1 aromatic heterocycles. The summed E-state index contributed by atoms with van der Waals surface area (Å²) in [6.45, 7) is 0.415. The first-order valence-corrected chi connectivity index (χ1v) is 11.1. The molecule has 0 bridgehead atoms. The number of ether oxygens (including phenoxy) is 2. The smallest absolute Gasteiger partial charge is 0.270 e. The Morgan fingerprint density at radius 2 is 1.97 bits per heavy atom. The molecule has 2 N–H and O–H groups in total. The maximum atomic E-state index is 13.0. The molecule has 0 radical (unpaired) electrons. The molecule has 1 atom stereocenters. The van der Waals surface area contributed by atoms with Crippen molar-refractivity contribution in [2.24, 2.45) is 0 Å². The van der Waals surface area contributed by atoms with Gasteiger partial charge in [-0.3, -0.25) is 19.4 Å². The Morgan fingerprint density at radius 1 is 1.17 bits per heavy atom. The van der Waals surface area contributed by atoms with E-state index in [9.17, 15) is 9.59 Å². The highest BCUT2D eigenvalue weighted by molar-refractivity contribution is 8.00. The van der Waals surface area contributed by atoms with E-state index in [1.54, 1.807) is 14.2 Å². The molecule has 0 saturated heterocycles. The van der Waals surface area contributed by atoms with E-state index in [2.05, 4.69) is 10.4 Å². The summed E-state index contributed by atoms with van der Waals surface area (Å²) in [7, 11) is 3.27. The molecule has 4 rings (SSSR count). The number of carbonyl (C=O) groups is 1. The minimum Gasteiger partial charge on any atom is -0.496 e. The quantitative estimate of drug-likeness (QED) is 0.776. The second-order valence-electron chi connectivity index (χ2n) is 7.61. The van der Waals surface area contributed by atoms with Crippen LogP contribution in [0.2, 0.25) is 0 Å². The SMILES string of the molecule is COCc1cc([C@@H]2SCC(=O)Nc3c2c(=O)[nH]n3C2CCCCC2)ccc1OC. The van der Waals surface area contributed by atoms with E-state index in [0.29, 0.717) is 23.7 Å². The molecule has 0 spiro atoms. The molecule has 1 amide bonds. The third kappa shape index (κ3) is 3.96.